The maximum absolute atomic E-state index is 13.5. The first-order valence-corrected chi connectivity index (χ1v) is 12.0. The minimum absolute atomic E-state index is 0.0559. The molecule has 1 aromatic heterocycles. The molecule has 166 valence electrons. The predicted octanol–water partition coefficient (Wildman–Crippen LogP) is 3.06. The molecule has 0 spiro atoms. The van der Waals surface area contributed by atoms with Gasteiger partial charge in [-0.15, -0.1) is 0 Å². The van der Waals surface area contributed by atoms with E-state index in [4.69, 9.17) is 4.74 Å². The van der Waals surface area contributed by atoms with E-state index in [2.05, 4.69) is 0 Å². The Morgan fingerprint density at radius 1 is 1.09 bits per heavy atom. The van der Waals surface area contributed by atoms with Gasteiger partial charge in [-0.25, -0.2) is 8.42 Å². The van der Waals surface area contributed by atoms with Crippen LogP contribution < -0.4 is 9.64 Å². The average molecular weight is 473 g/mol. The molecule has 0 aliphatic carbocycles. The zero-order chi connectivity index (χ0) is 22.9. The van der Waals surface area contributed by atoms with Gasteiger partial charge in [0.2, 0.25) is 10.0 Å². The van der Waals surface area contributed by atoms with Gasteiger partial charge in [0.15, 0.2) is 0 Å². The van der Waals surface area contributed by atoms with E-state index < -0.39 is 22.0 Å². The summed E-state index contributed by atoms with van der Waals surface area (Å²) in [5.74, 6) is -1.24. The second-order valence-corrected chi connectivity index (χ2v) is 9.81. The molecule has 0 fully saturated rings. The summed E-state index contributed by atoms with van der Waals surface area (Å²) >= 11 is 1.35. The molecule has 1 atom stereocenters. The van der Waals surface area contributed by atoms with Crippen molar-refractivity contribution in [3.63, 3.8) is 0 Å². The molecule has 8 nitrogen and oxygen atoms in total. The smallest absolute Gasteiger partial charge is 0.323 e. The molecule has 32 heavy (non-hydrogen) atoms. The number of thiophene rings is 1. The number of rotatable bonds is 5. The Labute approximate surface area is 189 Å². The first-order chi connectivity index (χ1) is 15.3. The third-order valence-electron chi connectivity index (χ3n) is 5.28. The molecule has 1 aliphatic rings. The van der Waals surface area contributed by atoms with E-state index in [-0.39, 0.29) is 23.9 Å². The number of sulfonamides is 1. The summed E-state index contributed by atoms with van der Waals surface area (Å²) in [6, 6.07) is 12.8. The van der Waals surface area contributed by atoms with Crippen molar-refractivity contribution >= 4 is 38.9 Å². The molecule has 1 amide bonds. The maximum Gasteiger partial charge on any atom is 0.323 e. The van der Waals surface area contributed by atoms with Gasteiger partial charge < -0.3 is 14.7 Å². The van der Waals surface area contributed by atoms with Crippen LogP contribution in [0.25, 0.3) is 0 Å². The number of anilines is 1. The molecule has 3 aromatic rings. The van der Waals surface area contributed by atoms with Gasteiger partial charge in [-0.1, -0.05) is 18.2 Å². The number of methoxy groups -OCH3 is 1. The van der Waals surface area contributed by atoms with Crippen molar-refractivity contribution in [1.29, 1.82) is 0 Å². The number of aliphatic carboxylic acids is 1. The van der Waals surface area contributed by atoms with E-state index in [1.165, 1.54) is 47.6 Å². The molecule has 2 heterocycles. The molecule has 10 heteroatoms. The van der Waals surface area contributed by atoms with E-state index in [9.17, 15) is 23.1 Å². The number of benzene rings is 2. The van der Waals surface area contributed by atoms with Crippen molar-refractivity contribution in [2.45, 2.75) is 17.5 Å². The number of ether oxygens (including phenoxy) is 1. The lowest BCUT2D eigenvalue weighted by Crippen LogP contribution is -2.50. The Balaban J connectivity index is 1.81. The van der Waals surface area contributed by atoms with Crippen LogP contribution >= 0.6 is 11.3 Å². The highest BCUT2D eigenvalue weighted by Crippen LogP contribution is 2.32. The number of carbonyl (C=O) groups is 2. The van der Waals surface area contributed by atoms with Crippen LogP contribution in [0, 0.1) is 0 Å². The van der Waals surface area contributed by atoms with Gasteiger partial charge in [0.05, 0.1) is 24.1 Å². The van der Waals surface area contributed by atoms with Crippen molar-refractivity contribution in [2.24, 2.45) is 0 Å². The maximum atomic E-state index is 13.5. The summed E-state index contributed by atoms with van der Waals surface area (Å²) in [5, 5.41) is 13.4. The molecular formula is C22H20N2O6S2. The number of carboxylic acid groups (broad SMARTS) is 1. The highest BCUT2D eigenvalue weighted by Gasteiger charge is 2.41. The number of carboxylic acids is 1. The topological polar surface area (TPSA) is 104 Å². The lowest BCUT2D eigenvalue weighted by Gasteiger charge is -2.28. The lowest BCUT2D eigenvalue weighted by molar-refractivity contribution is -0.141. The molecule has 1 aliphatic heterocycles. The normalized spacial score (nSPS) is 16.8. The third-order valence-corrected chi connectivity index (χ3v) is 7.83. The number of para-hydroxylation sites is 1. The Hall–Kier alpha value is -3.21. The summed E-state index contributed by atoms with van der Waals surface area (Å²) in [6.45, 7) is -0.509. The second kappa shape index (κ2) is 8.73. The van der Waals surface area contributed by atoms with Gasteiger partial charge in [0.25, 0.3) is 5.91 Å². The largest absolute Gasteiger partial charge is 0.497 e. The van der Waals surface area contributed by atoms with Crippen LogP contribution in [0.2, 0.25) is 0 Å². The molecule has 0 saturated carbocycles. The Kier molecular flexibility index (Phi) is 6.00. The molecule has 1 N–H and O–H groups in total. The van der Waals surface area contributed by atoms with E-state index in [0.29, 0.717) is 22.6 Å². The van der Waals surface area contributed by atoms with E-state index in [0.717, 1.165) is 4.31 Å². The minimum atomic E-state index is -4.19. The second-order valence-electron chi connectivity index (χ2n) is 7.14. The monoisotopic (exact) mass is 472 g/mol. The predicted molar refractivity (Wildman–Crippen MR) is 120 cm³/mol. The van der Waals surface area contributed by atoms with E-state index >= 15 is 0 Å². The summed E-state index contributed by atoms with van der Waals surface area (Å²) < 4.78 is 33.0. The number of amides is 1. The molecule has 4 rings (SSSR count). The van der Waals surface area contributed by atoms with Crippen molar-refractivity contribution < 1.29 is 27.9 Å². The van der Waals surface area contributed by atoms with Gasteiger partial charge in [-0.05, 0) is 47.3 Å². The van der Waals surface area contributed by atoms with Crippen LogP contribution in [-0.2, 0) is 21.4 Å². The minimum Gasteiger partial charge on any atom is -0.497 e. The van der Waals surface area contributed by atoms with Gasteiger partial charge >= 0.3 is 5.97 Å². The molecular weight excluding hydrogens is 452 g/mol. The first kappa shape index (κ1) is 22.0. The average Bonchev–Trinajstić information content (AvgIpc) is 3.27. The summed E-state index contributed by atoms with van der Waals surface area (Å²) in [4.78, 5) is 26.7. The lowest BCUT2D eigenvalue weighted by atomic mass is 10.1. The highest BCUT2D eigenvalue weighted by atomic mass is 32.2. The standard InChI is InChI=1S/C22H20N2O6S2/c1-30-17-6-8-18(9-7-17)32(28,29)24-12-15-4-2-3-5-19(15)23(13-20(24)22(26)27)21(25)16-10-11-31-14-16/h2-11,14,20H,12-13H2,1H3,(H,26,27). The van der Waals surface area contributed by atoms with E-state index in [1.54, 1.807) is 41.1 Å². The van der Waals surface area contributed by atoms with Crippen LogP contribution in [0.4, 0.5) is 5.69 Å². The zero-order valence-corrected chi connectivity index (χ0v) is 18.7. The highest BCUT2D eigenvalue weighted by molar-refractivity contribution is 7.89. The van der Waals surface area contributed by atoms with Crippen molar-refractivity contribution in [2.75, 3.05) is 18.6 Å². The van der Waals surface area contributed by atoms with E-state index in [1.807, 2.05) is 0 Å². The molecule has 0 saturated heterocycles. The van der Waals surface area contributed by atoms with Gasteiger partial charge in [-0.2, -0.15) is 15.6 Å². The summed E-state index contributed by atoms with van der Waals surface area (Å²) in [5.41, 5.74) is 1.44. The van der Waals surface area contributed by atoms with Crippen LogP contribution in [0.3, 0.4) is 0 Å². The van der Waals surface area contributed by atoms with Crippen LogP contribution in [0.15, 0.2) is 70.3 Å². The molecule has 2 aromatic carbocycles. The summed E-state index contributed by atoms with van der Waals surface area (Å²) in [6.07, 6.45) is 0. The SMILES string of the molecule is COc1ccc(S(=O)(=O)N2Cc3ccccc3N(C(=O)c3ccsc3)CC2C(=O)O)cc1. The van der Waals surface area contributed by atoms with Crippen LogP contribution in [-0.4, -0.2) is 49.4 Å². The Morgan fingerprint density at radius 2 is 1.81 bits per heavy atom. The fraction of sp³-hybridized carbons (Fsp3) is 0.182. The number of hydrogen-bond donors (Lipinski definition) is 1. The molecule has 0 radical (unpaired) electrons. The Morgan fingerprint density at radius 3 is 2.44 bits per heavy atom. The number of nitrogens with zero attached hydrogens (tertiary/aromatic N) is 2. The first-order valence-electron chi connectivity index (χ1n) is 9.63. The van der Waals surface area contributed by atoms with Crippen molar-refractivity contribution in [1.82, 2.24) is 4.31 Å². The zero-order valence-electron chi connectivity index (χ0n) is 17.0. The summed E-state index contributed by atoms with van der Waals surface area (Å²) in [7, 11) is -2.72. The van der Waals surface area contributed by atoms with Gasteiger partial charge in [-0.3, -0.25) is 9.59 Å². The van der Waals surface area contributed by atoms with Gasteiger partial charge in [0.1, 0.15) is 11.8 Å². The van der Waals surface area contributed by atoms with Crippen molar-refractivity contribution in [3.05, 3.63) is 76.5 Å². The van der Waals surface area contributed by atoms with Crippen LogP contribution in [0.5, 0.6) is 5.75 Å². The number of fused-ring (bicyclic) bond motifs is 1. The third kappa shape index (κ3) is 3.99. The fourth-order valence-corrected chi connectivity index (χ4v) is 5.80. The number of hydrogen-bond acceptors (Lipinski definition) is 6. The number of carbonyl (C=O) groups excluding carboxylic acids is 1. The molecule has 0 bridgehead atoms. The van der Waals surface area contributed by atoms with Crippen molar-refractivity contribution in [3.8, 4) is 5.75 Å². The fourth-order valence-electron chi connectivity index (χ4n) is 3.62. The Bertz CT molecular complexity index is 1240. The quantitative estimate of drug-likeness (QED) is 0.612. The van der Waals surface area contributed by atoms with Crippen LogP contribution in [0.1, 0.15) is 15.9 Å². The van der Waals surface area contributed by atoms with Gasteiger partial charge in [0, 0.05) is 17.6 Å². The molecule has 1 unspecified atom stereocenters.